The molecule has 0 aromatic heterocycles. The first kappa shape index (κ1) is 30.6. The lowest BCUT2D eigenvalue weighted by atomic mass is 9.79. The van der Waals surface area contributed by atoms with Crippen molar-refractivity contribution in [2.75, 3.05) is 13.6 Å². The van der Waals surface area contributed by atoms with E-state index in [0.29, 0.717) is 0 Å². The Balaban J connectivity index is 0.000000363. The predicted molar refractivity (Wildman–Crippen MR) is 201 cm³/mol. The molecule has 0 atom stereocenters. The zero-order chi connectivity index (χ0) is 32.3. The second-order valence-corrected chi connectivity index (χ2v) is 12.0. The summed E-state index contributed by atoms with van der Waals surface area (Å²) >= 11 is 0. The fourth-order valence-corrected chi connectivity index (χ4v) is 7.02. The number of dihydropyridines is 1. The summed E-state index contributed by atoms with van der Waals surface area (Å²) < 4.78 is 0. The molecule has 0 amide bonds. The van der Waals surface area contributed by atoms with Crippen molar-refractivity contribution in [2.45, 2.75) is 19.3 Å². The summed E-state index contributed by atoms with van der Waals surface area (Å²) in [6, 6.07) is 38.1. The first-order valence-corrected chi connectivity index (χ1v) is 15.8. The molecule has 0 spiro atoms. The van der Waals surface area contributed by atoms with Gasteiger partial charge in [-0.05, 0) is 103 Å². The second kappa shape index (κ2) is 12.9. The Labute approximate surface area is 272 Å². The Morgan fingerprint density at radius 3 is 1.76 bits per heavy atom. The van der Waals surface area contributed by atoms with E-state index in [0.717, 1.165) is 12.2 Å². The second-order valence-electron chi connectivity index (χ2n) is 12.0. The van der Waals surface area contributed by atoms with Crippen LogP contribution in [0.4, 0.5) is 0 Å². The van der Waals surface area contributed by atoms with Crippen LogP contribution in [0.3, 0.4) is 0 Å². The molecule has 0 unspecified atom stereocenters. The van der Waals surface area contributed by atoms with E-state index in [-0.39, 0.29) is 5.41 Å². The van der Waals surface area contributed by atoms with Crippen molar-refractivity contribution < 1.29 is 0 Å². The van der Waals surface area contributed by atoms with Gasteiger partial charge in [-0.25, -0.2) is 0 Å². The van der Waals surface area contributed by atoms with Gasteiger partial charge in [0, 0.05) is 17.7 Å². The Bertz CT molecular complexity index is 2120. The highest BCUT2D eigenvalue weighted by atomic mass is 14.8. The van der Waals surface area contributed by atoms with Gasteiger partial charge in [0.05, 0.1) is 0 Å². The largest absolute Gasteiger partial charge is 0.399 e. The topological polar surface area (TPSA) is 64.1 Å². The minimum Gasteiger partial charge on any atom is -0.399 e. The van der Waals surface area contributed by atoms with Crippen LogP contribution in [-0.4, -0.2) is 13.6 Å². The molecule has 8 rings (SSSR count). The fraction of sp³-hybridized carbons (Fsp3) is 0.116. The van der Waals surface area contributed by atoms with E-state index in [1.54, 1.807) is 0 Å². The highest BCUT2D eigenvalue weighted by Gasteiger charge is 2.37. The van der Waals surface area contributed by atoms with Gasteiger partial charge in [0.2, 0.25) is 0 Å². The number of hydrogen-bond donors (Lipinski definition) is 3. The maximum Gasteiger partial charge on any atom is 0.0348 e. The predicted octanol–water partition coefficient (Wildman–Crippen LogP) is 9.84. The number of hydrogen-bond acceptors (Lipinski definition) is 3. The van der Waals surface area contributed by atoms with Crippen molar-refractivity contribution in [3.05, 3.63) is 163 Å². The van der Waals surface area contributed by atoms with Crippen LogP contribution >= 0.6 is 0 Å². The smallest absolute Gasteiger partial charge is 0.0348 e. The standard InChI is InChI=1S/C37H28.C5H8N2.CH5N/c1-4-5-14-24-25-15-6-9-18-28(25)35(29-19-10-7-16-26(24)29)32-23-34-36(30-20-11-8-17-27(30)32)31-21-12-13-22-33(31)37(34,2)3;6-5-1-3-7-4-2-5;1-2/h4-23H,1H2,2-3H3;1-3,7H,4,6H2;2H2,1H3/b14-5-;;. The maximum atomic E-state index is 5.37. The van der Waals surface area contributed by atoms with Crippen molar-refractivity contribution in [2.24, 2.45) is 11.5 Å². The Morgan fingerprint density at radius 1 is 0.674 bits per heavy atom. The third-order valence-electron chi connectivity index (χ3n) is 9.08. The van der Waals surface area contributed by atoms with Gasteiger partial charge in [-0.1, -0.05) is 136 Å². The molecule has 0 bridgehead atoms. The summed E-state index contributed by atoms with van der Waals surface area (Å²) in [6.07, 6.45) is 11.7. The molecular formula is C43H41N3. The van der Waals surface area contributed by atoms with Gasteiger partial charge in [0.25, 0.3) is 0 Å². The van der Waals surface area contributed by atoms with E-state index in [9.17, 15) is 0 Å². The summed E-state index contributed by atoms with van der Waals surface area (Å²) in [5, 5.41) is 10.7. The van der Waals surface area contributed by atoms with Crippen molar-refractivity contribution >= 4 is 38.4 Å². The van der Waals surface area contributed by atoms with Crippen LogP contribution in [0.2, 0.25) is 0 Å². The van der Waals surface area contributed by atoms with Crippen LogP contribution in [0.1, 0.15) is 30.5 Å². The summed E-state index contributed by atoms with van der Waals surface area (Å²) in [4.78, 5) is 0. The zero-order valence-electron chi connectivity index (χ0n) is 26.8. The molecule has 0 fully saturated rings. The first-order chi connectivity index (χ1) is 22.5. The number of benzene rings is 6. The minimum absolute atomic E-state index is 0.0665. The quantitative estimate of drug-likeness (QED) is 0.140. The first-order valence-electron chi connectivity index (χ1n) is 15.8. The number of allylic oxidation sites excluding steroid dienone is 3. The van der Waals surface area contributed by atoms with E-state index >= 15 is 0 Å². The molecule has 5 N–H and O–H groups in total. The molecule has 3 nitrogen and oxygen atoms in total. The zero-order valence-corrected chi connectivity index (χ0v) is 26.8. The van der Waals surface area contributed by atoms with Crippen molar-refractivity contribution in [3.63, 3.8) is 0 Å². The molecule has 46 heavy (non-hydrogen) atoms. The van der Waals surface area contributed by atoms with E-state index < -0.39 is 0 Å². The average molecular weight is 600 g/mol. The molecule has 228 valence electrons. The normalized spacial score (nSPS) is 14.0. The molecule has 1 aliphatic heterocycles. The number of rotatable bonds is 3. The van der Waals surface area contributed by atoms with Crippen LogP contribution in [0.15, 0.2) is 146 Å². The van der Waals surface area contributed by atoms with E-state index in [1.807, 2.05) is 30.5 Å². The monoisotopic (exact) mass is 599 g/mol. The fourth-order valence-electron chi connectivity index (χ4n) is 7.02. The molecule has 1 heterocycles. The van der Waals surface area contributed by atoms with E-state index in [1.165, 1.54) is 78.3 Å². The molecule has 6 aromatic carbocycles. The van der Waals surface area contributed by atoms with Crippen LogP contribution in [0, 0.1) is 0 Å². The summed E-state index contributed by atoms with van der Waals surface area (Å²) in [7, 11) is 1.50. The van der Waals surface area contributed by atoms with Crippen LogP contribution in [0.5, 0.6) is 0 Å². The Hall–Kier alpha value is -5.38. The molecule has 0 saturated heterocycles. The van der Waals surface area contributed by atoms with Crippen molar-refractivity contribution in [1.29, 1.82) is 0 Å². The van der Waals surface area contributed by atoms with Gasteiger partial charge in [0.1, 0.15) is 0 Å². The lowest BCUT2D eigenvalue weighted by Gasteiger charge is -2.24. The lowest BCUT2D eigenvalue weighted by molar-refractivity contribution is 0.661. The molecule has 0 saturated carbocycles. The number of fused-ring (bicyclic) bond motifs is 7. The Kier molecular flexibility index (Phi) is 8.61. The number of nitrogens with two attached hydrogens (primary N) is 2. The summed E-state index contributed by atoms with van der Waals surface area (Å²) in [5.74, 6) is 0. The minimum atomic E-state index is -0.0665. The van der Waals surface area contributed by atoms with Gasteiger partial charge in [-0.3, -0.25) is 0 Å². The SMILES string of the molecule is C=C/C=C\c1c2ccccc2c(-c2cc3c(c4ccccc24)-c2ccccc2C3(C)C)c2ccccc12.CN.NC1=CCNC=C1. The van der Waals surface area contributed by atoms with Gasteiger partial charge < -0.3 is 16.8 Å². The van der Waals surface area contributed by atoms with Gasteiger partial charge in [0.15, 0.2) is 0 Å². The van der Waals surface area contributed by atoms with Gasteiger partial charge in [-0.15, -0.1) is 0 Å². The lowest BCUT2D eigenvalue weighted by Crippen LogP contribution is -2.15. The van der Waals surface area contributed by atoms with E-state index in [4.69, 9.17) is 5.73 Å². The van der Waals surface area contributed by atoms with Crippen molar-refractivity contribution in [1.82, 2.24) is 5.32 Å². The summed E-state index contributed by atoms with van der Waals surface area (Å²) in [5.41, 5.74) is 20.1. The van der Waals surface area contributed by atoms with Gasteiger partial charge in [-0.2, -0.15) is 0 Å². The van der Waals surface area contributed by atoms with Crippen LogP contribution in [0.25, 0.3) is 60.6 Å². The Morgan fingerprint density at radius 2 is 1.22 bits per heavy atom. The third kappa shape index (κ3) is 5.19. The molecule has 3 heteroatoms. The molecule has 1 aliphatic carbocycles. The molecule has 6 aromatic rings. The van der Waals surface area contributed by atoms with E-state index in [2.05, 4.69) is 141 Å². The molecule has 2 aliphatic rings. The average Bonchev–Trinajstić information content (AvgIpc) is 3.34. The molecule has 0 radical (unpaired) electrons. The van der Waals surface area contributed by atoms with Gasteiger partial charge >= 0.3 is 0 Å². The van der Waals surface area contributed by atoms with Crippen LogP contribution in [-0.2, 0) is 5.41 Å². The van der Waals surface area contributed by atoms with Crippen molar-refractivity contribution in [3.8, 4) is 22.3 Å². The maximum absolute atomic E-state index is 5.37. The highest BCUT2D eigenvalue weighted by molar-refractivity contribution is 6.22. The van der Waals surface area contributed by atoms with Crippen LogP contribution < -0.4 is 16.8 Å². The third-order valence-corrected chi connectivity index (χ3v) is 9.08. The number of nitrogens with one attached hydrogen (secondary N) is 1. The summed E-state index contributed by atoms with van der Waals surface area (Å²) in [6.45, 7) is 9.52. The highest BCUT2D eigenvalue weighted by Crippen LogP contribution is 2.54. The molecular weight excluding hydrogens is 558 g/mol.